The van der Waals surface area contributed by atoms with Gasteiger partial charge < -0.3 is 9.30 Å². The summed E-state index contributed by atoms with van der Waals surface area (Å²) in [5.74, 6) is -0.0237. The molecule has 0 N–H and O–H groups in total. The number of hydrazone groups is 1. The largest absolute Gasteiger partial charge is 0.371 e. The first-order valence-corrected chi connectivity index (χ1v) is 10.1. The Morgan fingerprint density at radius 1 is 1.12 bits per heavy atom. The van der Waals surface area contributed by atoms with Crippen molar-refractivity contribution in [3.8, 4) is 5.69 Å². The summed E-state index contributed by atoms with van der Waals surface area (Å²) < 4.78 is 24.3. The molecule has 0 saturated carbocycles. The third-order valence-electron chi connectivity index (χ3n) is 5.71. The van der Waals surface area contributed by atoms with Crippen molar-refractivity contribution in [2.24, 2.45) is 12.1 Å². The molecule has 1 unspecified atom stereocenters. The van der Waals surface area contributed by atoms with Crippen molar-refractivity contribution in [2.75, 3.05) is 18.7 Å². The minimum atomic E-state index is -0.801. The number of ketones is 1. The van der Waals surface area contributed by atoms with E-state index in [1.54, 1.807) is 40.7 Å². The van der Waals surface area contributed by atoms with Gasteiger partial charge >= 0.3 is 0 Å². The average molecular weight is 432 g/mol. The van der Waals surface area contributed by atoms with Crippen molar-refractivity contribution in [1.82, 2.24) is 19.3 Å². The number of methoxy groups -OCH3 is 1. The molecule has 0 amide bonds. The van der Waals surface area contributed by atoms with Crippen LogP contribution in [-0.4, -0.2) is 50.6 Å². The van der Waals surface area contributed by atoms with E-state index >= 15 is 4.39 Å². The minimum absolute atomic E-state index is 0.0948. The Bertz CT molecular complexity index is 1360. The molecule has 9 heteroatoms. The van der Waals surface area contributed by atoms with Crippen LogP contribution < -0.4 is 5.01 Å². The minimum Gasteiger partial charge on any atom is -0.371 e. The Morgan fingerprint density at radius 2 is 1.91 bits per heavy atom. The molecule has 162 valence electrons. The van der Waals surface area contributed by atoms with Gasteiger partial charge in [0.25, 0.3) is 0 Å². The zero-order valence-corrected chi connectivity index (χ0v) is 17.9. The molecule has 0 saturated heterocycles. The van der Waals surface area contributed by atoms with E-state index in [0.29, 0.717) is 22.6 Å². The Hall–Kier alpha value is -3.85. The summed E-state index contributed by atoms with van der Waals surface area (Å²) in [7, 11) is 3.23. The summed E-state index contributed by atoms with van der Waals surface area (Å²) in [6.07, 6.45) is 0.800. The fourth-order valence-corrected chi connectivity index (χ4v) is 3.94. The van der Waals surface area contributed by atoms with E-state index in [2.05, 4.69) is 15.2 Å². The van der Waals surface area contributed by atoms with Gasteiger partial charge in [-0.1, -0.05) is 18.2 Å². The lowest BCUT2D eigenvalue weighted by Crippen LogP contribution is -2.46. The molecule has 0 radical (unpaired) electrons. The number of rotatable bonds is 4. The van der Waals surface area contributed by atoms with Gasteiger partial charge in [-0.05, 0) is 37.3 Å². The number of halogens is 1. The molecule has 1 aliphatic heterocycles. The average Bonchev–Trinajstić information content (AvgIpc) is 3.40. The van der Waals surface area contributed by atoms with Gasteiger partial charge in [-0.3, -0.25) is 9.80 Å². The highest BCUT2D eigenvalue weighted by atomic mass is 19.1. The van der Waals surface area contributed by atoms with Crippen molar-refractivity contribution < 1.29 is 13.9 Å². The number of benzene rings is 2. The number of para-hydroxylation sites is 1. The maximum absolute atomic E-state index is 15.6. The molecule has 2 aromatic heterocycles. The Labute approximate surface area is 183 Å². The summed E-state index contributed by atoms with van der Waals surface area (Å²) in [6, 6.07) is 14.5. The molecule has 32 heavy (non-hydrogen) atoms. The lowest BCUT2D eigenvalue weighted by atomic mass is 10.0. The maximum Gasteiger partial charge on any atom is 0.215 e. The van der Waals surface area contributed by atoms with E-state index < -0.39 is 11.9 Å². The monoisotopic (exact) mass is 432 g/mol. The zero-order chi connectivity index (χ0) is 22.4. The first-order chi connectivity index (χ1) is 15.5. The number of Topliss-reactive ketones (excluding diaryl/α,β-unsaturated/α-hetero) is 1. The topological polar surface area (TPSA) is 77.5 Å². The number of anilines is 1. The van der Waals surface area contributed by atoms with Gasteiger partial charge in [0.15, 0.2) is 11.5 Å². The second-order valence-corrected chi connectivity index (χ2v) is 7.57. The lowest BCUT2D eigenvalue weighted by molar-refractivity contribution is -0.122. The predicted molar refractivity (Wildman–Crippen MR) is 119 cm³/mol. The summed E-state index contributed by atoms with van der Waals surface area (Å²) in [5.41, 5.74) is 2.65. The molecule has 5 rings (SSSR count). The smallest absolute Gasteiger partial charge is 0.215 e. The molecule has 8 nitrogen and oxygen atoms in total. The molecule has 3 heterocycles. The number of carbonyl (C=O) groups excluding carboxylic acids is 1. The fourth-order valence-electron chi connectivity index (χ4n) is 3.94. The van der Waals surface area contributed by atoms with Crippen LogP contribution in [-0.2, 0) is 16.6 Å². The van der Waals surface area contributed by atoms with Crippen LogP contribution in [0.3, 0.4) is 0 Å². The molecule has 0 spiro atoms. The number of carbonyl (C=O) groups is 1. The number of imidazole rings is 1. The van der Waals surface area contributed by atoms with Gasteiger partial charge in [-0.25, -0.2) is 14.1 Å². The third kappa shape index (κ3) is 3.09. The number of nitrogens with zero attached hydrogens (tertiary/aromatic N) is 6. The van der Waals surface area contributed by atoms with E-state index in [0.717, 1.165) is 5.69 Å². The summed E-state index contributed by atoms with van der Waals surface area (Å²) in [5, 5.41) is 10.4. The summed E-state index contributed by atoms with van der Waals surface area (Å²) >= 11 is 0. The number of aromatic nitrogens is 4. The molecular weight excluding hydrogens is 411 g/mol. The van der Waals surface area contributed by atoms with Crippen LogP contribution in [0.5, 0.6) is 0 Å². The molecule has 0 aliphatic carbocycles. The molecule has 4 aromatic rings. The van der Waals surface area contributed by atoms with Gasteiger partial charge in [-0.15, -0.1) is 0 Å². The number of hydrogen-bond donors (Lipinski definition) is 0. The molecule has 1 aliphatic rings. The van der Waals surface area contributed by atoms with E-state index in [1.165, 1.54) is 12.1 Å². The predicted octanol–water partition coefficient (Wildman–Crippen LogP) is 3.01. The third-order valence-corrected chi connectivity index (χ3v) is 5.71. The van der Waals surface area contributed by atoms with Gasteiger partial charge in [0.1, 0.15) is 17.4 Å². The van der Waals surface area contributed by atoms with Gasteiger partial charge in [0.2, 0.25) is 5.78 Å². The normalized spacial score (nSPS) is 16.6. The Kier molecular flexibility index (Phi) is 4.82. The maximum atomic E-state index is 15.6. The fraction of sp³-hybridized carbons (Fsp3) is 0.217. The van der Waals surface area contributed by atoms with Crippen LogP contribution in [0.15, 0.2) is 59.8 Å². The molecule has 2 aromatic carbocycles. The highest BCUT2D eigenvalue weighted by molar-refractivity contribution is 6.48. The van der Waals surface area contributed by atoms with Crippen molar-refractivity contribution in [3.63, 3.8) is 0 Å². The van der Waals surface area contributed by atoms with Crippen LogP contribution in [0.2, 0.25) is 0 Å². The second kappa shape index (κ2) is 7.69. The highest BCUT2D eigenvalue weighted by Crippen LogP contribution is 2.30. The quantitative estimate of drug-likeness (QED) is 0.496. The number of fused-ring (bicyclic) bond motifs is 1. The van der Waals surface area contributed by atoms with Crippen LogP contribution in [0.25, 0.3) is 16.7 Å². The number of aryl methyl sites for hydroxylation is 2. The van der Waals surface area contributed by atoms with Crippen molar-refractivity contribution in [2.45, 2.75) is 13.0 Å². The molecule has 0 bridgehead atoms. The molecular formula is C23H21FN6O2. The van der Waals surface area contributed by atoms with Gasteiger partial charge in [0.05, 0.1) is 35.3 Å². The summed E-state index contributed by atoms with van der Waals surface area (Å²) in [6.45, 7) is 1.91. The van der Waals surface area contributed by atoms with Crippen LogP contribution >= 0.6 is 0 Å². The van der Waals surface area contributed by atoms with E-state index in [9.17, 15) is 4.79 Å². The SMILES string of the molecule is COC1CN(c2ccc3nc(C)n(C)c3c2F)N=C(c2ccnn2-c2ccccc2)C1=O. The second-order valence-electron chi connectivity index (χ2n) is 7.57. The van der Waals surface area contributed by atoms with E-state index in [1.807, 2.05) is 37.3 Å². The zero-order valence-electron chi connectivity index (χ0n) is 17.9. The molecule has 0 fully saturated rings. The van der Waals surface area contributed by atoms with E-state index in [-0.39, 0.29) is 23.7 Å². The molecule has 1 atom stereocenters. The Morgan fingerprint density at radius 3 is 2.66 bits per heavy atom. The first kappa shape index (κ1) is 20.1. The van der Waals surface area contributed by atoms with Crippen LogP contribution in [0.1, 0.15) is 11.5 Å². The lowest BCUT2D eigenvalue weighted by Gasteiger charge is -2.30. The van der Waals surface area contributed by atoms with Crippen LogP contribution in [0, 0.1) is 12.7 Å². The van der Waals surface area contributed by atoms with Gasteiger partial charge in [0, 0.05) is 14.2 Å². The first-order valence-electron chi connectivity index (χ1n) is 10.1. The number of ether oxygens (including phenoxy) is 1. The Balaban J connectivity index is 1.65. The van der Waals surface area contributed by atoms with Crippen molar-refractivity contribution >= 4 is 28.2 Å². The number of hydrogen-bond acceptors (Lipinski definition) is 6. The van der Waals surface area contributed by atoms with E-state index in [4.69, 9.17) is 4.74 Å². The highest BCUT2D eigenvalue weighted by Gasteiger charge is 2.35. The van der Waals surface area contributed by atoms with Crippen molar-refractivity contribution in [1.29, 1.82) is 0 Å². The van der Waals surface area contributed by atoms with Crippen molar-refractivity contribution in [3.05, 3.63) is 72.1 Å². The van der Waals surface area contributed by atoms with Gasteiger partial charge in [-0.2, -0.15) is 10.2 Å². The summed E-state index contributed by atoms with van der Waals surface area (Å²) in [4.78, 5) is 17.5. The van der Waals surface area contributed by atoms with Crippen LogP contribution in [0.4, 0.5) is 10.1 Å². The standard InChI is InChI=1S/C23H21FN6O2/c1-14-26-16-9-10-17(20(24)22(16)28(14)2)29-13-19(32-3)23(31)21(27-29)18-11-12-25-30(18)15-7-5-4-6-8-15/h4-12,19H,13H2,1-3H3.